The van der Waals surface area contributed by atoms with Crippen LogP contribution in [0.25, 0.3) is 10.6 Å². The van der Waals surface area contributed by atoms with Crippen LogP contribution in [0, 0.1) is 6.92 Å². The summed E-state index contributed by atoms with van der Waals surface area (Å²) in [5.41, 5.74) is 2.18. The third-order valence-corrected chi connectivity index (χ3v) is 6.91. The summed E-state index contributed by atoms with van der Waals surface area (Å²) in [7, 11) is 0. The lowest BCUT2D eigenvalue weighted by molar-refractivity contribution is -0.142. The predicted molar refractivity (Wildman–Crippen MR) is 124 cm³/mol. The van der Waals surface area contributed by atoms with Gasteiger partial charge in [-0.25, -0.2) is 9.98 Å². The normalized spacial score (nSPS) is 19.7. The number of rotatable bonds is 5. The van der Waals surface area contributed by atoms with E-state index in [1.165, 1.54) is 4.88 Å². The average molecular weight is 442 g/mol. The average Bonchev–Trinajstić information content (AvgIpc) is 3.47. The number of nitrogens with zero attached hydrogens (tertiary/aromatic N) is 4. The van der Waals surface area contributed by atoms with Crippen molar-refractivity contribution >= 4 is 23.2 Å². The van der Waals surface area contributed by atoms with Crippen LogP contribution in [-0.2, 0) is 16.1 Å². The lowest BCUT2D eigenvalue weighted by Gasteiger charge is -2.37. The van der Waals surface area contributed by atoms with Crippen molar-refractivity contribution in [2.24, 2.45) is 4.99 Å². The molecule has 0 radical (unpaired) electrons. The molecule has 2 fully saturated rings. The second-order valence-electron chi connectivity index (χ2n) is 7.88. The first-order valence-corrected chi connectivity index (χ1v) is 11.9. The number of aromatic nitrogens is 1. The Hall–Kier alpha value is -2.45. The highest BCUT2D eigenvalue weighted by Crippen LogP contribution is 2.28. The SMILES string of the molecule is CCNC(=NCc1sc(-c2ccccc2)nc1C)N1CCN(C(=O)C2CCCO2)CC1. The zero-order valence-corrected chi connectivity index (χ0v) is 19.2. The first kappa shape index (κ1) is 21.8. The van der Waals surface area contributed by atoms with E-state index in [1.54, 1.807) is 11.3 Å². The number of ether oxygens (including phenoxy) is 1. The molecule has 2 aliphatic heterocycles. The van der Waals surface area contributed by atoms with Crippen molar-refractivity contribution < 1.29 is 9.53 Å². The van der Waals surface area contributed by atoms with Crippen LogP contribution >= 0.6 is 11.3 Å². The standard InChI is InChI=1S/C23H31N5O2S/c1-3-24-23(28-13-11-27(12-14-28)22(29)19-10-7-15-30-19)25-16-20-17(2)26-21(31-20)18-8-5-4-6-9-18/h4-6,8-9,19H,3,7,10-16H2,1-2H3,(H,24,25). The fourth-order valence-corrected chi connectivity index (χ4v) is 4.96. The summed E-state index contributed by atoms with van der Waals surface area (Å²) >= 11 is 1.71. The zero-order chi connectivity index (χ0) is 21.6. The Balaban J connectivity index is 1.39. The number of aryl methyl sites for hydroxylation is 1. The molecule has 3 heterocycles. The van der Waals surface area contributed by atoms with E-state index in [0.29, 0.717) is 26.2 Å². The molecule has 1 amide bonds. The van der Waals surface area contributed by atoms with Crippen LogP contribution in [0.15, 0.2) is 35.3 Å². The van der Waals surface area contributed by atoms with Crippen molar-refractivity contribution in [3.8, 4) is 10.6 Å². The predicted octanol–water partition coefficient (Wildman–Crippen LogP) is 2.91. The number of aliphatic imine (C=N–C) groups is 1. The molecule has 1 atom stereocenters. The molecule has 1 N–H and O–H groups in total. The second-order valence-corrected chi connectivity index (χ2v) is 8.96. The van der Waals surface area contributed by atoms with Crippen LogP contribution in [0.2, 0.25) is 0 Å². The van der Waals surface area contributed by atoms with E-state index in [1.807, 2.05) is 23.1 Å². The van der Waals surface area contributed by atoms with E-state index in [-0.39, 0.29) is 12.0 Å². The van der Waals surface area contributed by atoms with E-state index < -0.39 is 0 Å². The van der Waals surface area contributed by atoms with Gasteiger partial charge in [0.25, 0.3) is 5.91 Å². The molecule has 7 nitrogen and oxygen atoms in total. The maximum absolute atomic E-state index is 12.6. The van der Waals surface area contributed by atoms with Gasteiger partial charge in [0.15, 0.2) is 5.96 Å². The van der Waals surface area contributed by atoms with Gasteiger partial charge in [-0.3, -0.25) is 4.79 Å². The maximum Gasteiger partial charge on any atom is 0.251 e. The maximum atomic E-state index is 12.6. The molecule has 0 aliphatic carbocycles. The summed E-state index contributed by atoms with van der Waals surface area (Å²) in [5.74, 6) is 1.05. The van der Waals surface area contributed by atoms with Gasteiger partial charge in [-0.05, 0) is 26.7 Å². The van der Waals surface area contributed by atoms with Gasteiger partial charge in [0.2, 0.25) is 0 Å². The number of piperazine rings is 1. The van der Waals surface area contributed by atoms with Gasteiger partial charge in [-0.1, -0.05) is 30.3 Å². The summed E-state index contributed by atoms with van der Waals surface area (Å²) in [5, 5.41) is 4.45. The van der Waals surface area contributed by atoms with Crippen molar-refractivity contribution in [2.75, 3.05) is 39.3 Å². The molecule has 1 aromatic heterocycles. The largest absolute Gasteiger partial charge is 0.368 e. The molecule has 166 valence electrons. The quantitative estimate of drug-likeness (QED) is 0.571. The smallest absolute Gasteiger partial charge is 0.251 e. The molecule has 8 heteroatoms. The Kier molecular flexibility index (Phi) is 7.19. The second kappa shape index (κ2) is 10.2. The minimum atomic E-state index is -0.235. The fourth-order valence-electron chi connectivity index (χ4n) is 3.97. The van der Waals surface area contributed by atoms with Crippen LogP contribution in [0.5, 0.6) is 0 Å². The van der Waals surface area contributed by atoms with Gasteiger partial charge in [-0.15, -0.1) is 11.3 Å². The Morgan fingerprint density at radius 1 is 1.23 bits per heavy atom. The van der Waals surface area contributed by atoms with E-state index in [0.717, 1.165) is 54.7 Å². The summed E-state index contributed by atoms with van der Waals surface area (Å²) in [6.07, 6.45) is 1.60. The van der Waals surface area contributed by atoms with Gasteiger partial charge in [0.05, 0.1) is 12.2 Å². The fraction of sp³-hybridized carbons (Fsp3) is 0.522. The molecule has 2 saturated heterocycles. The Labute approximate surface area is 188 Å². The highest BCUT2D eigenvalue weighted by molar-refractivity contribution is 7.15. The molecule has 2 aromatic rings. The molecular weight excluding hydrogens is 410 g/mol. The monoisotopic (exact) mass is 441 g/mol. The molecular formula is C23H31N5O2S. The Morgan fingerprint density at radius 2 is 1.97 bits per heavy atom. The van der Waals surface area contributed by atoms with Crippen molar-refractivity contribution in [1.82, 2.24) is 20.1 Å². The minimum absolute atomic E-state index is 0.146. The van der Waals surface area contributed by atoms with E-state index in [2.05, 4.69) is 36.2 Å². The van der Waals surface area contributed by atoms with Crippen LogP contribution in [-0.4, -0.2) is 72.1 Å². The summed E-state index contributed by atoms with van der Waals surface area (Å²) in [4.78, 5) is 27.6. The molecule has 1 aromatic carbocycles. The number of amides is 1. The minimum Gasteiger partial charge on any atom is -0.368 e. The summed E-state index contributed by atoms with van der Waals surface area (Å²) in [6, 6.07) is 10.3. The number of carbonyl (C=O) groups excluding carboxylic acids is 1. The van der Waals surface area contributed by atoms with Crippen molar-refractivity contribution in [2.45, 2.75) is 39.3 Å². The van der Waals surface area contributed by atoms with Crippen molar-refractivity contribution in [1.29, 1.82) is 0 Å². The van der Waals surface area contributed by atoms with Crippen molar-refractivity contribution in [3.05, 3.63) is 40.9 Å². The number of carbonyl (C=O) groups is 1. The van der Waals surface area contributed by atoms with E-state index >= 15 is 0 Å². The number of guanidine groups is 1. The van der Waals surface area contributed by atoms with Gasteiger partial charge in [-0.2, -0.15) is 0 Å². The van der Waals surface area contributed by atoms with Crippen LogP contribution in [0.4, 0.5) is 0 Å². The molecule has 4 rings (SSSR count). The lowest BCUT2D eigenvalue weighted by atomic mass is 10.2. The number of hydrogen-bond donors (Lipinski definition) is 1. The number of nitrogens with one attached hydrogen (secondary N) is 1. The molecule has 0 bridgehead atoms. The molecule has 0 spiro atoms. The topological polar surface area (TPSA) is 70.1 Å². The molecule has 31 heavy (non-hydrogen) atoms. The first-order valence-electron chi connectivity index (χ1n) is 11.1. The Morgan fingerprint density at radius 3 is 2.65 bits per heavy atom. The number of benzene rings is 1. The Bertz CT molecular complexity index is 900. The van der Waals surface area contributed by atoms with Gasteiger partial charge in [0.1, 0.15) is 11.1 Å². The lowest BCUT2D eigenvalue weighted by Crippen LogP contribution is -2.55. The third-order valence-electron chi connectivity index (χ3n) is 5.72. The highest BCUT2D eigenvalue weighted by Gasteiger charge is 2.30. The van der Waals surface area contributed by atoms with Gasteiger partial charge >= 0.3 is 0 Å². The molecule has 1 unspecified atom stereocenters. The summed E-state index contributed by atoms with van der Waals surface area (Å²) in [6.45, 7) is 9.23. The van der Waals surface area contributed by atoms with Gasteiger partial charge in [0, 0.05) is 49.8 Å². The van der Waals surface area contributed by atoms with E-state index in [4.69, 9.17) is 14.7 Å². The molecule has 0 saturated carbocycles. The van der Waals surface area contributed by atoms with Crippen LogP contribution < -0.4 is 5.32 Å². The van der Waals surface area contributed by atoms with Crippen molar-refractivity contribution in [3.63, 3.8) is 0 Å². The molecule has 2 aliphatic rings. The van der Waals surface area contributed by atoms with Gasteiger partial charge < -0.3 is 19.9 Å². The number of thiazole rings is 1. The van der Waals surface area contributed by atoms with E-state index in [9.17, 15) is 4.79 Å². The first-order chi connectivity index (χ1) is 15.2. The van der Waals surface area contributed by atoms with Crippen LogP contribution in [0.1, 0.15) is 30.3 Å². The zero-order valence-electron chi connectivity index (χ0n) is 18.3. The number of hydrogen-bond acceptors (Lipinski definition) is 5. The summed E-state index contributed by atoms with van der Waals surface area (Å²) < 4.78 is 5.57. The van der Waals surface area contributed by atoms with Crippen LogP contribution in [0.3, 0.4) is 0 Å². The highest BCUT2D eigenvalue weighted by atomic mass is 32.1. The third kappa shape index (κ3) is 5.25.